The van der Waals surface area contributed by atoms with Gasteiger partial charge in [0.1, 0.15) is 11.9 Å². The van der Waals surface area contributed by atoms with E-state index in [-0.39, 0.29) is 17.9 Å². The molecule has 8 nitrogen and oxygen atoms in total. The number of hydrogen-bond donors (Lipinski definition) is 2. The molecule has 2 atom stereocenters. The van der Waals surface area contributed by atoms with Crippen LogP contribution < -0.4 is 5.32 Å². The lowest BCUT2D eigenvalue weighted by Gasteiger charge is -2.30. The van der Waals surface area contributed by atoms with Crippen LogP contribution in [0.4, 0.5) is 4.79 Å². The molecule has 0 radical (unpaired) electrons. The van der Waals surface area contributed by atoms with Gasteiger partial charge in [0.25, 0.3) is 0 Å². The number of hydrogen-bond acceptors (Lipinski definition) is 5. The summed E-state index contributed by atoms with van der Waals surface area (Å²) in [6, 6.07) is 7.32. The second kappa shape index (κ2) is 8.98. The molecule has 3 aromatic rings. The van der Waals surface area contributed by atoms with Gasteiger partial charge in [0.05, 0.1) is 30.6 Å². The van der Waals surface area contributed by atoms with Crippen molar-refractivity contribution in [1.82, 2.24) is 25.2 Å². The van der Waals surface area contributed by atoms with Crippen LogP contribution in [0.3, 0.4) is 0 Å². The van der Waals surface area contributed by atoms with Crippen LogP contribution in [0.5, 0.6) is 0 Å². The number of H-pyrrole nitrogens is 1. The standard InChI is InChI=1S/C24H29N5O3/c1-14(2)20(28-24(31)32-4)23(30)29-12-6-8-19(29)22-26-13-18(27-22)17-10-9-15(3)16-7-5-11-25-21(16)17/h5,7,9-11,13-14,19-20H,6,8,12H2,1-4H3,(H,26,27)(H,28,31)/t19-,20-/m0/s1. The lowest BCUT2D eigenvalue weighted by molar-refractivity contribution is -0.135. The molecule has 2 N–H and O–H groups in total. The SMILES string of the molecule is COC(=O)N[C@H](C(=O)N1CCC[C@H]1c1ncc(-c2ccc(C)c3cccnc23)[nH]1)C(C)C. The van der Waals surface area contributed by atoms with E-state index in [1.807, 2.05) is 31.0 Å². The molecule has 0 aliphatic carbocycles. The largest absolute Gasteiger partial charge is 0.453 e. The average molecular weight is 436 g/mol. The zero-order valence-electron chi connectivity index (χ0n) is 18.9. The topological polar surface area (TPSA) is 100 Å². The normalized spacial score (nSPS) is 17.0. The number of carbonyl (C=O) groups is 2. The van der Waals surface area contributed by atoms with Crippen LogP contribution in [0.2, 0.25) is 0 Å². The van der Waals surface area contributed by atoms with Gasteiger partial charge in [-0.2, -0.15) is 0 Å². The predicted molar refractivity (Wildman–Crippen MR) is 122 cm³/mol. The maximum absolute atomic E-state index is 13.3. The minimum atomic E-state index is -0.650. The quantitative estimate of drug-likeness (QED) is 0.631. The van der Waals surface area contributed by atoms with Crippen LogP contribution in [0.15, 0.2) is 36.7 Å². The molecule has 1 aromatic carbocycles. The number of aryl methyl sites for hydroxylation is 1. The molecule has 1 saturated heterocycles. The lowest BCUT2D eigenvalue weighted by atomic mass is 10.0. The number of benzene rings is 1. The third-order valence-corrected chi connectivity index (χ3v) is 6.12. The van der Waals surface area contributed by atoms with Crippen molar-refractivity contribution in [1.29, 1.82) is 0 Å². The fraction of sp³-hybridized carbons (Fsp3) is 0.417. The van der Waals surface area contributed by atoms with Gasteiger partial charge in [0.15, 0.2) is 0 Å². The minimum Gasteiger partial charge on any atom is -0.453 e. The van der Waals surface area contributed by atoms with Crippen LogP contribution in [0, 0.1) is 12.8 Å². The first kappa shape index (κ1) is 21.8. The summed E-state index contributed by atoms with van der Waals surface area (Å²) in [6.07, 6.45) is 4.69. The number of pyridine rings is 1. The van der Waals surface area contributed by atoms with E-state index in [9.17, 15) is 9.59 Å². The van der Waals surface area contributed by atoms with Crippen molar-refractivity contribution in [2.24, 2.45) is 5.92 Å². The molecular formula is C24H29N5O3. The van der Waals surface area contributed by atoms with Crippen molar-refractivity contribution in [2.45, 2.75) is 45.7 Å². The molecule has 3 heterocycles. The first-order valence-corrected chi connectivity index (χ1v) is 10.9. The molecule has 0 bridgehead atoms. The van der Waals surface area contributed by atoms with Gasteiger partial charge < -0.3 is 19.9 Å². The van der Waals surface area contributed by atoms with Gasteiger partial charge in [-0.15, -0.1) is 0 Å². The van der Waals surface area contributed by atoms with E-state index in [1.54, 1.807) is 6.20 Å². The van der Waals surface area contributed by atoms with E-state index in [0.717, 1.165) is 40.8 Å². The third kappa shape index (κ3) is 4.04. The predicted octanol–water partition coefficient (Wildman–Crippen LogP) is 3.98. The number of ether oxygens (including phenoxy) is 1. The number of nitrogens with zero attached hydrogens (tertiary/aromatic N) is 3. The van der Waals surface area contributed by atoms with Crippen molar-refractivity contribution in [3.63, 3.8) is 0 Å². The Morgan fingerprint density at radius 2 is 2.06 bits per heavy atom. The summed E-state index contributed by atoms with van der Waals surface area (Å²) in [5, 5.41) is 3.78. The fourth-order valence-corrected chi connectivity index (χ4v) is 4.37. The highest BCUT2D eigenvalue weighted by Gasteiger charge is 2.37. The average Bonchev–Trinajstić information content (AvgIpc) is 3.46. The summed E-state index contributed by atoms with van der Waals surface area (Å²) in [4.78, 5) is 39.5. The number of rotatable bonds is 5. The Morgan fingerprint density at radius 3 is 2.81 bits per heavy atom. The maximum atomic E-state index is 13.3. The number of likely N-dealkylation sites (tertiary alicyclic amines) is 1. The zero-order valence-corrected chi connectivity index (χ0v) is 18.9. The molecule has 2 aromatic heterocycles. The van der Waals surface area contributed by atoms with Crippen molar-refractivity contribution < 1.29 is 14.3 Å². The van der Waals surface area contributed by atoms with E-state index in [1.165, 1.54) is 12.7 Å². The number of aromatic amines is 1. The van der Waals surface area contributed by atoms with Crippen molar-refractivity contribution in [3.05, 3.63) is 48.0 Å². The Kier molecular flexibility index (Phi) is 6.12. The summed E-state index contributed by atoms with van der Waals surface area (Å²) in [7, 11) is 1.30. The molecule has 8 heteroatoms. The van der Waals surface area contributed by atoms with Gasteiger partial charge in [-0.05, 0) is 37.3 Å². The second-order valence-corrected chi connectivity index (χ2v) is 8.56. The molecule has 4 rings (SSSR count). The van der Waals surface area contributed by atoms with E-state index >= 15 is 0 Å². The highest BCUT2D eigenvalue weighted by atomic mass is 16.5. The summed E-state index contributed by atoms with van der Waals surface area (Å²) in [5.41, 5.74) is 3.94. The Bertz CT molecular complexity index is 1140. The number of nitrogens with one attached hydrogen (secondary N) is 2. The summed E-state index contributed by atoms with van der Waals surface area (Å²) in [6.45, 7) is 6.51. The second-order valence-electron chi connectivity index (χ2n) is 8.56. The molecule has 1 aliphatic rings. The van der Waals surface area contributed by atoms with Crippen molar-refractivity contribution in [3.8, 4) is 11.3 Å². The molecule has 0 spiro atoms. The van der Waals surface area contributed by atoms with Gasteiger partial charge in [0, 0.05) is 23.7 Å². The van der Waals surface area contributed by atoms with Gasteiger partial charge in [-0.3, -0.25) is 9.78 Å². The van der Waals surface area contributed by atoms with E-state index in [2.05, 4.69) is 45.4 Å². The van der Waals surface area contributed by atoms with Gasteiger partial charge in [-0.25, -0.2) is 9.78 Å². The Hall–Kier alpha value is -3.42. The molecule has 0 unspecified atom stereocenters. The van der Waals surface area contributed by atoms with Crippen molar-refractivity contribution >= 4 is 22.9 Å². The van der Waals surface area contributed by atoms with Gasteiger partial charge in [-0.1, -0.05) is 32.0 Å². The number of aromatic nitrogens is 3. The summed E-state index contributed by atoms with van der Waals surface area (Å²) < 4.78 is 4.71. The number of alkyl carbamates (subject to hydrolysis) is 1. The third-order valence-electron chi connectivity index (χ3n) is 6.12. The summed E-state index contributed by atoms with van der Waals surface area (Å²) >= 11 is 0. The van der Waals surface area contributed by atoms with Crippen LogP contribution in [0.25, 0.3) is 22.2 Å². The Labute approximate surface area is 187 Å². The molecule has 1 aliphatic heterocycles. The number of methoxy groups -OCH3 is 1. The molecule has 1 fully saturated rings. The Balaban J connectivity index is 1.62. The Morgan fingerprint density at radius 1 is 1.25 bits per heavy atom. The van der Waals surface area contributed by atoms with E-state index in [4.69, 9.17) is 4.74 Å². The van der Waals surface area contributed by atoms with E-state index in [0.29, 0.717) is 6.54 Å². The molecule has 168 valence electrons. The lowest BCUT2D eigenvalue weighted by Crippen LogP contribution is -2.51. The maximum Gasteiger partial charge on any atom is 0.407 e. The molecular weight excluding hydrogens is 406 g/mol. The van der Waals surface area contributed by atoms with Crippen molar-refractivity contribution in [2.75, 3.05) is 13.7 Å². The highest BCUT2D eigenvalue weighted by molar-refractivity contribution is 5.94. The minimum absolute atomic E-state index is 0.0694. The van der Waals surface area contributed by atoms with Crippen LogP contribution in [-0.2, 0) is 9.53 Å². The molecule has 32 heavy (non-hydrogen) atoms. The number of fused-ring (bicyclic) bond motifs is 1. The monoisotopic (exact) mass is 435 g/mol. The first-order chi connectivity index (χ1) is 15.4. The number of imidazole rings is 1. The molecule has 0 saturated carbocycles. The number of carbonyl (C=O) groups excluding carboxylic acids is 2. The highest BCUT2D eigenvalue weighted by Crippen LogP contribution is 2.34. The van der Waals surface area contributed by atoms with E-state index < -0.39 is 12.1 Å². The molecule has 2 amide bonds. The summed E-state index contributed by atoms with van der Waals surface area (Å²) in [5.74, 6) is 0.560. The number of amides is 2. The van der Waals surface area contributed by atoms with Crippen LogP contribution in [-0.4, -0.2) is 51.5 Å². The zero-order chi connectivity index (χ0) is 22.8. The fourth-order valence-electron chi connectivity index (χ4n) is 4.37. The van der Waals surface area contributed by atoms with Gasteiger partial charge in [0.2, 0.25) is 5.91 Å². The van der Waals surface area contributed by atoms with Gasteiger partial charge >= 0.3 is 6.09 Å². The first-order valence-electron chi connectivity index (χ1n) is 10.9. The van der Waals surface area contributed by atoms with Crippen LogP contribution in [0.1, 0.15) is 44.1 Å². The smallest absolute Gasteiger partial charge is 0.407 e. The van der Waals surface area contributed by atoms with Crippen LogP contribution >= 0.6 is 0 Å².